The van der Waals surface area contributed by atoms with E-state index in [1.165, 1.54) is 9.13 Å². The molecule has 2 aromatic carbocycles. The van der Waals surface area contributed by atoms with Gasteiger partial charge >= 0.3 is 5.69 Å². The number of para-hydroxylation sites is 1. The van der Waals surface area contributed by atoms with E-state index >= 15 is 0 Å². The van der Waals surface area contributed by atoms with Gasteiger partial charge in [-0.25, -0.2) is 4.79 Å². The third-order valence-corrected chi connectivity index (χ3v) is 4.92. The van der Waals surface area contributed by atoms with Gasteiger partial charge in [0.05, 0.1) is 10.9 Å². The van der Waals surface area contributed by atoms with Crippen LogP contribution in [0.5, 0.6) is 0 Å². The number of fused-ring (bicyclic) bond motifs is 1. The highest BCUT2D eigenvalue weighted by molar-refractivity contribution is 9.10. The first-order valence-corrected chi connectivity index (χ1v) is 9.68. The quantitative estimate of drug-likeness (QED) is 0.474. The molecular weight excluding hydrogens is 424 g/mol. The molecule has 2 heterocycles. The highest BCUT2D eigenvalue weighted by Crippen LogP contribution is 2.20. The smallest absolute Gasteiger partial charge is 0.331 e. The van der Waals surface area contributed by atoms with E-state index in [-0.39, 0.29) is 17.8 Å². The molecule has 0 aliphatic carbocycles. The lowest BCUT2D eigenvalue weighted by molar-refractivity contribution is 0.369. The fourth-order valence-electron chi connectivity index (χ4n) is 3.14. The maximum Gasteiger partial charge on any atom is 0.331 e. The minimum absolute atomic E-state index is 0.0876. The highest BCUT2D eigenvalue weighted by atomic mass is 79.9. The van der Waals surface area contributed by atoms with Crippen molar-refractivity contribution in [2.75, 3.05) is 0 Å². The molecule has 0 bridgehead atoms. The van der Waals surface area contributed by atoms with Crippen LogP contribution < -0.4 is 11.2 Å². The van der Waals surface area contributed by atoms with Crippen molar-refractivity contribution in [3.8, 4) is 11.4 Å². The molecule has 4 aromatic rings. The van der Waals surface area contributed by atoms with E-state index in [1.807, 2.05) is 31.2 Å². The average molecular weight is 441 g/mol. The van der Waals surface area contributed by atoms with Crippen molar-refractivity contribution >= 4 is 26.8 Å². The molecule has 0 saturated heterocycles. The van der Waals surface area contributed by atoms with Gasteiger partial charge in [-0.2, -0.15) is 4.98 Å². The van der Waals surface area contributed by atoms with E-state index in [0.29, 0.717) is 35.6 Å². The van der Waals surface area contributed by atoms with Crippen molar-refractivity contribution in [2.45, 2.75) is 26.4 Å². The summed E-state index contributed by atoms with van der Waals surface area (Å²) in [5.74, 6) is 0.736. The van der Waals surface area contributed by atoms with Crippen molar-refractivity contribution in [2.24, 2.45) is 0 Å². The number of halogens is 1. The third-order valence-electron chi connectivity index (χ3n) is 4.42. The summed E-state index contributed by atoms with van der Waals surface area (Å²) in [6, 6.07) is 14.6. The first-order valence-electron chi connectivity index (χ1n) is 8.89. The Balaban J connectivity index is 1.80. The van der Waals surface area contributed by atoms with Gasteiger partial charge in [0.1, 0.15) is 6.54 Å². The Morgan fingerprint density at radius 2 is 1.89 bits per heavy atom. The average Bonchev–Trinajstić information content (AvgIpc) is 3.17. The van der Waals surface area contributed by atoms with Gasteiger partial charge in [0.15, 0.2) is 0 Å². The Morgan fingerprint density at radius 3 is 2.68 bits per heavy atom. The van der Waals surface area contributed by atoms with E-state index in [9.17, 15) is 9.59 Å². The Morgan fingerprint density at radius 1 is 1.07 bits per heavy atom. The zero-order chi connectivity index (χ0) is 19.7. The fourth-order valence-corrected chi connectivity index (χ4v) is 3.54. The second-order valence-electron chi connectivity index (χ2n) is 6.36. The molecule has 0 spiro atoms. The summed E-state index contributed by atoms with van der Waals surface area (Å²) in [5.41, 5.74) is 0.691. The Bertz CT molecular complexity index is 1270. The molecule has 0 saturated carbocycles. The molecule has 0 amide bonds. The van der Waals surface area contributed by atoms with Crippen molar-refractivity contribution in [3.63, 3.8) is 0 Å². The molecule has 0 aliphatic heterocycles. The van der Waals surface area contributed by atoms with Crippen LogP contribution in [0.3, 0.4) is 0 Å². The summed E-state index contributed by atoms with van der Waals surface area (Å²) in [7, 11) is 0. The number of hydrogen-bond donors (Lipinski definition) is 0. The first kappa shape index (κ1) is 18.4. The Hall–Kier alpha value is -3.00. The minimum atomic E-state index is -0.382. The molecule has 0 unspecified atom stereocenters. The summed E-state index contributed by atoms with van der Waals surface area (Å²) in [4.78, 5) is 30.0. The molecule has 0 N–H and O–H groups in total. The highest BCUT2D eigenvalue weighted by Gasteiger charge is 2.16. The topological polar surface area (TPSA) is 82.9 Å². The third kappa shape index (κ3) is 3.31. The molecule has 2 aromatic heterocycles. The van der Waals surface area contributed by atoms with E-state index < -0.39 is 0 Å². The summed E-state index contributed by atoms with van der Waals surface area (Å²) < 4.78 is 9.04. The van der Waals surface area contributed by atoms with Crippen LogP contribution in [0.25, 0.3) is 22.3 Å². The number of benzene rings is 2. The molecule has 0 atom stereocenters. The maximum absolute atomic E-state index is 12.9. The van der Waals surface area contributed by atoms with Crippen molar-refractivity contribution < 1.29 is 4.52 Å². The van der Waals surface area contributed by atoms with E-state index in [4.69, 9.17) is 4.52 Å². The van der Waals surface area contributed by atoms with Crippen molar-refractivity contribution in [1.82, 2.24) is 19.3 Å². The van der Waals surface area contributed by atoms with Gasteiger partial charge in [-0.15, -0.1) is 0 Å². The molecule has 142 valence electrons. The van der Waals surface area contributed by atoms with Crippen LogP contribution >= 0.6 is 15.9 Å². The van der Waals surface area contributed by atoms with Crippen LogP contribution in [0.1, 0.15) is 19.2 Å². The molecule has 0 aliphatic rings. The van der Waals surface area contributed by atoms with Crippen molar-refractivity contribution in [1.29, 1.82) is 0 Å². The standard InChI is InChI=1S/C20H17BrN4O3/c1-2-10-24-19(26)15-8-3-4-9-16(15)25(20(24)27)12-17-22-18(23-28-17)13-6-5-7-14(21)11-13/h3-9,11H,2,10,12H2,1H3. The summed E-state index contributed by atoms with van der Waals surface area (Å²) >= 11 is 3.42. The Labute approximate surface area is 168 Å². The van der Waals surface area contributed by atoms with Gasteiger partial charge in [-0.3, -0.25) is 13.9 Å². The molecule has 0 fully saturated rings. The zero-order valence-corrected chi connectivity index (χ0v) is 16.7. The lowest BCUT2D eigenvalue weighted by Gasteiger charge is -2.12. The predicted molar refractivity (Wildman–Crippen MR) is 109 cm³/mol. The van der Waals surface area contributed by atoms with Crippen LogP contribution in [-0.2, 0) is 13.1 Å². The van der Waals surface area contributed by atoms with Crippen molar-refractivity contribution in [3.05, 3.63) is 79.7 Å². The number of aromatic nitrogens is 4. The largest absolute Gasteiger partial charge is 0.337 e. The van der Waals surface area contributed by atoms with Gasteiger partial charge in [0.25, 0.3) is 5.56 Å². The van der Waals surface area contributed by atoms with Gasteiger partial charge in [0.2, 0.25) is 11.7 Å². The van der Waals surface area contributed by atoms with Gasteiger partial charge in [0, 0.05) is 16.6 Å². The van der Waals surface area contributed by atoms with Gasteiger partial charge < -0.3 is 4.52 Å². The maximum atomic E-state index is 12.9. The zero-order valence-electron chi connectivity index (χ0n) is 15.1. The normalized spacial score (nSPS) is 11.2. The van der Waals surface area contributed by atoms with Crippen LogP contribution in [0, 0.1) is 0 Å². The second-order valence-corrected chi connectivity index (χ2v) is 7.28. The Kier molecular flexibility index (Phi) is 4.95. The molecule has 0 radical (unpaired) electrons. The van der Waals surface area contributed by atoms with E-state index in [1.54, 1.807) is 24.3 Å². The van der Waals surface area contributed by atoms with E-state index in [0.717, 1.165) is 10.0 Å². The number of hydrogen-bond acceptors (Lipinski definition) is 5. The fraction of sp³-hybridized carbons (Fsp3) is 0.200. The molecule has 28 heavy (non-hydrogen) atoms. The lowest BCUT2D eigenvalue weighted by Crippen LogP contribution is -2.40. The summed E-state index contributed by atoms with van der Waals surface area (Å²) in [6.07, 6.45) is 0.682. The SMILES string of the molecule is CCCn1c(=O)c2ccccc2n(Cc2nc(-c3cccc(Br)c3)no2)c1=O. The summed E-state index contributed by atoms with van der Waals surface area (Å²) in [6.45, 7) is 2.37. The molecular formula is C20H17BrN4O3. The number of nitrogens with zero attached hydrogens (tertiary/aromatic N) is 4. The molecule has 4 rings (SSSR count). The molecule has 7 nitrogen and oxygen atoms in total. The second kappa shape index (κ2) is 7.55. The number of rotatable bonds is 5. The van der Waals surface area contributed by atoms with E-state index in [2.05, 4.69) is 26.1 Å². The van der Waals surface area contributed by atoms with Gasteiger partial charge in [-0.05, 0) is 30.7 Å². The summed E-state index contributed by atoms with van der Waals surface area (Å²) in [5, 5.41) is 4.51. The predicted octanol–water partition coefficient (Wildman–Crippen LogP) is 3.43. The minimum Gasteiger partial charge on any atom is -0.337 e. The van der Waals surface area contributed by atoms with Crippen LogP contribution in [-0.4, -0.2) is 19.3 Å². The van der Waals surface area contributed by atoms with Crippen LogP contribution in [0.2, 0.25) is 0 Å². The molecule has 8 heteroatoms. The lowest BCUT2D eigenvalue weighted by atomic mass is 10.2. The van der Waals surface area contributed by atoms with Gasteiger partial charge in [-0.1, -0.05) is 52.3 Å². The monoisotopic (exact) mass is 440 g/mol. The van der Waals surface area contributed by atoms with Crippen LogP contribution in [0.4, 0.5) is 0 Å². The first-order chi connectivity index (χ1) is 13.6. The van der Waals surface area contributed by atoms with Crippen LogP contribution in [0.15, 0.2) is 67.1 Å².